The summed E-state index contributed by atoms with van der Waals surface area (Å²) in [5.74, 6) is -5.02. The van der Waals surface area contributed by atoms with Crippen molar-refractivity contribution in [2.45, 2.75) is 18.4 Å². The van der Waals surface area contributed by atoms with E-state index in [0.717, 1.165) is 0 Å². The van der Waals surface area contributed by atoms with Crippen LogP contribution in [0.25, 0.3) is 0 Å². The van der Waals surface area contributed by atoms with Crippen LogP contribution in [0.5, 0.6) is 0 Å². The molecule has 15 heavy (non-hydrogen) atoms. The van der Waals surface area contributed by atoms with E-state index in [0.29, 0.717) is 0 Å². The Morgan fingerprint density at radius 2 is 1.27 bits per heavy atom. The zero-order valence-corrected chi connectivity index (χ0v) is 12.1. The molecule has 0 aliphatic rings. The number of hydrogen-bond acceptors (Lipinski definition) is 4. The Morgan fingerprint density at radius 3 is 1.40 bits per heavy atom. The molecule has 0 aliphatic heterocycles. The predicted octanol–water partition coefficient (Wildman–Crippen LogP) is -2.23. The van der Waals surface area contributed by atoms with E-state index in [-0.39, 0.29) is 57.2 Å². The molecule has 86 valence electrons. The van der Waals surface area contributed by atoms with Gasteiger partial charge in [0.15, 0.2) is 5.60 Å². The van der Waals surface area contributed by atoms with Crippen LogP contribution in [0.1, 0.15) is 15.7 Å². The van der Waals surface area contributed by atoms with Crippen LogP contribution in [0.3, 0.4) is 0 Å². The average Bonchev–Trinajstić information content (AvgIpc) is 1.82. The van der Waals surface area contributed by atoms with Crippen LogP contribution in [-0.4, -0.2) is 98.3 Å². The minimum atomic E-state index is -2.74. The number of aliphatic hydroxyl groups is 1. The number of aliphatic carboxylic acids is 3. The van der Waals surface area contributed by atoms with Crippen molar-refractivity contribution in [3.63, 3.8) is 0 Å². The van der Waals surface area contributed by atoms with E-state index in [4.69, 9.17) is 20.4 Å². The fourth-order valence-corrected chi connectivity index (χ4v) is 0.714. The largest absolute Gasteiger partial charge is 2.00 e. The van der Waals surface area contributed by atoms with E-state index < -0.39 is 36.4 Å². The Balaban J connectivity index is -0.000000120. The maximum Gasteiger partial charge on any atom is 2.00 e. The summed E-state index contributed by atoms with van der Waals surface area (Å²) in [4.78, 5) is 30.5. The SMILES string of the molecule is O.O=C(O)CC(O)(CC(=O)O)C(=O)O.[Ba+2].[H-].[H-]. The maximum absolute atomic E-state index is 10.3. The molecule has 0 aromatic heterocycles. The first-order chi connectivity index (χ1) is 5.78. The van der Waals surface area contributed by atoms with Crippen LogP contribution in [0, 0.1) is 0 Å². The van der Waals surface area contributed by atoms with Gasteiger partial charge in [0, 0.05) is 0 Å². The topological polar surface area (TPSA) is 164 Å². The molecule has 0 saturated carbocycles. The molecule has 0 saturated heterocycles. The zero-order chi connectivity index (χ0) is 10.6. The molecule has 0 aliphatic carbocycles. The van der Waals surface area contributed by atoms with Gasteiger partial charge in [0.05, 0.1) is 12.8 Å². The normalized spacial score (nSPS) is 9.40. The van der Waals surface area contributed by atoms with Gasteiger partial charge in [0.2, 0.25) is 0 Å². The van der Waals surface area contributed by atoms with Gasteiger partial charge in [-0.3, -0.25) is 9.59 Å². The number of carboxylic acid groups (broad SMARTS) is 3. The summed E-state index contributed by atoms with van der Waals surface area (Å²) in [7, 11) is 0. The van der Waals surface area contributed by atoms with Crippen molar-refractivity contribution in [3.8, 4) is 0 Å². The number of carboxylic acids is 3. The molecule has 0 aromatic carbocycles. The first-order valence-electron chi connectivity index (χ1n) is 3.17. The van der Waals surface area contributed by atoms with Gasteiger partial charge in [-0.25, -0.2) is 4.79 Å². The molecule has 0 amide bonds. The van der Waals surface area contributed by atoms with E-state index in [1.54, 1.807) is 0 Å². The summed E-state index contributed by atoms with van der Waals surface area (Å²) >= 11 is 0. The molecule has 0 radical (unpaired) electrons. The molecular weight excluding hydrogens is 337 g/mol. The van der Waals surface area contributed by atoms with Gasteiger partial charge in [-0.05, 0) is 0 Å². The van der Waals surface area contributed by atoms with Crippen molar-refractivity contribution in [1.29, 1.82) is 0 Å². The van der Waals surface area contributed by atoms with Gasteiger partial charge in [-0.2, -0.15) is 0 Å². The summed E-state index contributed by atoms with van der Waals surface area (Å²) in [6.45, 7) is 0. The number of hydrogen-bond donors (Lipinski definition) is 4. The molecule has 8 nitrogen and oxygen atoms in total. The Labute approximate surface area is 127 Å². The molecule has 9 heteroatoms. The number of rotatable bonds is 5. The maximum atomic E-state index is 10.3. The minimum Gasteiger partial charge on any atom is -1.00 e. The molecule has 0 fully saturated rings. The van der Waals surface area contributed by atoms with E-state index in [1.165, 1.54) is 0 Å². The second-order valence-electron chi connectivity index (χ2n) is 2.48. The van der Waals surface area contributed by atoms with Gasteiger partial charge in [0.25, 0.3) is 0 Å². The van der Waals surface area contributed by atoms with Gasteiger partial charge in [-0.1, -0.05) is 0 Å². The van der Waals surface area contributed by atoms with Crippen molar-refractivity contribution in [3.05, 3.63) is 0 Å². The van der Waals surface area contributed by atoms with E-state index in [2.05, 4.69) is 0 Å². The fraction of sp³-hybridized carbons (Fsp3) is 0.500. The monoisotopic (exact) mass is 350 g/mol. The van der Waals surface area contributed by atoms with E-state index >= 15 is 0 Å². The summed E-state index contributed by atoms with van der Waals surface area (Å²) < 4.78 is 0. The summed E-state index contributed by atoms with van der Waals surface area (Å²) in [5, 5.41) is 33.8. The fourth-order valence-electron chi connectivity index (χ4n) is 0.714. The van der Waals surface area contributed by atoms with Crippen molar-refractivity contribution in [2.75, 3.05) is 0 Å². The minimum absolute atomic E-state index is 0. The van der Waals surface area contributed by atoms with Crippen LogP contribution in [0.2, 0.25) is 0 Å². The summed E-state index contributed by atoms with van der Waals surface area (Å²) in [6.07, 6.45) is -2.29. The third kappa shape index (κ3) is 7.79. The molecule has 6 N–H and O–H groups in total. The van der Waals surface area contributed by atoms with Crippen LogP contribution in [0.4, 0.5) is 0 Å². The van der Waals surface area contributed by atoms with Crippen LogP contribution in [0.15, 0.2) is 0 Å². The van der Waals surface area contributed by atoms with Crippen molar-refractivity contribution >= 4 is 66.8 Å². The third-order valence-electron chi connectivity index (χ3n) is 1.29. The second-order valence-corrected chi connectivity index (χ2v) is 2.48. The Bertz CT molecular complexity index is 242. The van der Waals surface area contributed by atoms with Gasteiger partial charge in [-0.15, -0.1) is 0 Å². The van der Waals surface area contributed by atoms with Crippen LogP contribution >= 0.6 is 0 Å². The van der Waals surface area contributed by atoms with Gasteiger partial charge in [0.1, 0.15) is 0 Å². The molecule has 0 spiro atoms. The van der Waals surface area contributed by atoms with Crippen molar-refractivity contribution < 1.29 is 43.1 Å². The molecule has 0 atom stereocenters. The average molecular weight is 349 g/mol. The first-order valence-corrected chi connectivity index (χ1v) is 3.17. The molecule has 0 unspecified atom stereocenters. The van der Waals surface area contributed by atoms with Crippen LogP contribution < -0.4 is 0 Å². The van der Waals surface area contributed by atoms with Crippen LogP contribution in [-0.2, 0) is 14.4 Å². The second kappa shape index (κ2) is 8.10. The zero-order valence-electron chi connectivity index (χ0n) is 9.63. The predicted molar refractivity (Wildman–Crippen MR) is 48.7 cm³/mol. The molecule has 0 heterocycles. The summed E-state index contributed by atoms with van der Waals surface area (Å²) in [5.41, 5.74) is -2.74. The molecule has 0 aromatic rings. The van der Waals surface area contributed by atoms with Crippen molar-refractivity contribution in [2.24, 2.45) is 0 Å². The summed E-state index contributed by atoms with van der Waals surface area (Å²) in [6, 6.07) is 0. The van der Waals surface area contributed by atoms with E-state index in [1.807, 2.05) is 0 Å². The van der Waals surface area contributed by atoms with Gasteiger partial charge >= 0.3 is 66.8 Å². The molecule has 0 rings (SSSR count). The smallest absolute Gasteiger partial charge is 1.00 e. The molecular formula is C6H12BaO8. The van der Waals surface area contributed by atoms with Gasteiger partial charge < -0.3 is 28.8 Å². The Kier molecular flexibility index (Phi) is 11.0. The number of carbonyl (C=O) groups is 3. The Hall–Kier alpha value is -0.0986. The third-order valence-corrected chi connectivity index (χ3v) is 1.29. The standard InChI is InChI=1S/C6H8O7.Ba.H2O.2H/c7-3(8)1-6(13,5(11)12)2-4(9)10;;;;/h13H,1-2H2,(H,7,8)(H,9,10)(H,11,12);;1H2;;/q;+2;;2*-1. The quantitative estimate of drug-likeness (QED) is 0.408. The first kappa shape index (κ1) is 20.3. The van der Waals surface area contributed by atoms with Crippen molar-refractivity contribution in [1.82, 2.24) is 0 Å². The van der Waals surface area contributed by atoms with E-state index in [9.17, 15) is 14.4 Å². The Morgan fingerprint density at radius 1 is 1.00 bits per heavy atom. The molecule has 0 bridgehead atoms.